The van der Waals surface area contributed by atoms with Crippen molar-refractivity contribution in [3.05, 3.63) is 29.1 Å². The van der Waals surface area contributed by atoms with Crippen molar-refractivity contribution in [3.8, 4) is 0 Å². The molecule has 3 rings (SSSR count). The number of halogens is 1. The Morgan fingerprint density at radius 2 is 1.83 bits per heavy atom. The number of sulfonamides is 1. The smallest absolute Gasteiger partial charge is 0.240 e. The molecular weight excluding hydrogens is 500 g/mol. The van der Waals surface area contributed by atoms with Gasteiger partial charge >= 0.3 is 0 Å². The number of anilines is 1. The Kier molecular flexibility index (Phi) is 9.05. The summed E-state index contributed by atoms with van der Waals surface area (Å²) in [6.45, 7) is 6.01. The monoisotopic (exact) mass is 532 g/mol. The van der Waals surface area contributed by atoms with Gasteiger partial charge in [-0.05, 0) is 33.6 Å². The summed E-state index contributed by atoms with van der Waals surface area (Å²) in [6.07, 6.45) is 3.02. The van der Waals surface area contributed by atoms with Crippen LogP contribution in [0.15, 0.2) is 12.4 Å². The highest BCUT2D eigenvalue weighted by Gasteiger charge is 2.39. The maximum absolute atomic E-state index is 13.4. The molecule has 2 aromatic heterocycles. The van der Waals surface area contributed by atoms with Crippen molar-refractivity contribution in [2.75, 3.05) is 39.3 Å². The molecule has 1 aliphatic rings. The third-order valence-electron chi connectivity index (χ3n) is 5.86. The number of rotatable bonds is 12. The van der Waals surface area contributed by atoms with Crippen molar-refractivity contribution in [2.45, 2.75) is 62.7 Å². The summed E-state index contributed by atoms with van der Waals surface area (Å²) in [5, 5.41) is 7.73. The third kappa shape index (κ3) is 6.46. The molecule has 1 aliphatic heterocycles. The molecule has 0 amide bonds. The van der Waals surface area contributed by atoms with Gasteiger partial charge in [-0.1, -0.05) is 11.6 Å². The largest absolute Gasteiger partial charge is 0.382 e. The van der Waals surface area contributed by atoms with E-state index in [1.165, 1.54) is 26.4 Å². The van der Waals surface area contributed by atoms with Gasteiger partial charge in [-0.25, -0.2) is 18.4 Å². The van der Waals surface area contributed by atoms with Gasteiger partial charge in [-0.15, -0.1) is 10.2 Å². The van der Waals surface area contributed by atoms with E-state index >= 15 is 0 Å². The van der Waals surface area contributed by atoms with E-state index in [9.17, 15) is 8.42 Å². The van der Waals surface area contributed by atoms with Crippen molar-refractivity contribution in [2.24, 2.45) is 0 Å². The van der Waals surface area contributed by atoms with Crippen LogP contribution in [-0.4, -0.2) is 78.5 Å². The Balaban J connectivity index is 1.96. The van der Waals surface area contributed by atoms with E-state index < -0.39 is 27.4 Å². The summed E-state index contributed by atoms with van der Waals surface area (Å²) >= 11 is 5.86. The van der Waals surface area contributed by atoms with E-state index in [4.69, 9.17) is 30.5 Å². The minimum atomic E-state index is -4.04. The van der Waals surface area contributed by atoms with Crippen molar-refractivity contribution in [1.82, 2.24) is 24.7 Å². The zero-order valence-corrected chi connectivity index (χ0v) is 22.3. The molecule has 0 bridgehead atoms. The average Bonchev–Trinajstić information content (AvgIpc) is 3.37. The fourth-order valence-corrected chi connectivity index (χ4v) is 5.29. The molecule has 0 radical (unpaired) electrons. The van der Waals surface area contributed by atoms with Crippen LogP contribution in [0.25, 0.3) is 0 Å². The molecule has 1 N–H and O–H groups in total. The Labute approximate surface area is 210 Å². The van der Waals surface area contributed by atoms with Gasteiger partial charge in [-0.3, -0.25) is 9.29 Å². The van der Waals surface area contributed by atoms with Crippen LogP contribution in [0.5, 0.6) is 0 Å². The van der Waals surface area contributed by atoms with E-state index in [0.717, 1.165) is 12.8 Å². The molecule has 0 aliphatic carbocycles. The SMILES string of the molecule is COCC(COC)n1c(NS(=O)(=O)[C@@H](C)[C@H](OC)c2ncc(Cl)cn2)nnc1[C@H]1CCC(C)(C)O1. The molecule has 35 heavy (non-hydrogen) atoms. The van der Waals surface area contributed by atoms with Crippen molar-refractivity contribution >= 4 is 27.6 Å². The fourth-order valence-electron chi connectivity index (χ4n) is 4.06. The lowest BCUT2D eigenvalue weighted by Gasteiger charge is -2.25. The molecule has 0 spiro atoms. The lowest BCUT2D eigenvalue weighted by Crippen LogP contribution is -2.34. The first-order chi connectivity index (χ1) is 16.5. The van der Waals surface area contributed by atoms with Crippen LogP contribution in [0, 0.1) is 0 Å². The molecule has 3 atom stereocenters. The van der Waals surface area contributed by atoms with Gasteiger partial charge in [0.2, 0.25) is 16.0 Å². The molecular formula is C21H33ClN6O6S. The first kappa shape index (κ1) is 27.7. The summed E-state index contributed by atoms with van der Waals surface area (Å²) < 4.78 is 53.4. The summed E-state index contributed by atoms with van der Waals surface area (Å²) in [7, 11) is 0.472. The maximum Gasteiger partial charge on any atom is 0.240 e. The molecule has 1 fully saturated rings. The van der Waals surface area contributed by atoms with E-state index in [1.54, 1.807) is 18.8 Å². The Hall–Kier alpha value is -1.90. The second-order valence-electron chi connectivity index (χ2n) is 8.99. The molecule has 1 saturated heterocycles. The maximum atomic E-state index is 13.4. The van der Waals surface area contributed by atoms with Crippen molar-refractivity contribution in [1.29, 1.82) is 0 Å². The molecule has 0 aromatic carbocycles. The summed E-state index contributed by atoms with van der Waals surface area (Å²) in [5.74, 6) is 0.727. The second-order valence-corrected chi connectivity index (χ2v) is 11.5. The quantitative estimate of drug-likeness (QED) is 0.433. The highest BCUT2D eigenvalue weighted by Crippen LogP contribution is 2.40. The lowest BCUT2D eigenvalue weighted by atomic mass is 10.1. The number of nitrogens with one attached hydrogen (secondary N) is 1. The van der Waals surface area contributed by atoms with Crippen LogP contribution in [-0.2, 0) is 29.0 Å². The second kappa shape index (κ2) is 11.4. The minimum Gasteiger partial charge on any atom is -0.382 e. The van der Waals surface area contributed by atoms with Crippen LogP contribution in [0.2, 0.25) is 5.02 Å². The average molecular weight is 533 g/mol. The van der Waals surface area contributed by atoms with Gasteiger partial charge in [-0.2, -0.15) is 0 Å². The van der Waals surface area contributed by atoms with Crippen LogP contribution in [0.1, 0.15) is 63.5 Å². The highest BCUT2D eigenvalue weighted by atomic mass is 35.5. The summed E-state index contributed by atoms with van der Waals surface area (Å²) in [6, 6.07) is -0.395. The van der Waals surface area contributed by atoms with Gasteiger partial charge in [0.1, 0.15) is 17.5 Å². The van der Waals surface area contributed by atoms with Crippen LogP contribution in [0.3, 0.4) is 0 Å². The summed E-state index contributed by atoms with van der Waals surface area (Å²) in [4.78, 5) is 8.22. The Bertz CT molecular complexity index is 1070. The summed E-state index contributed by atoms with van der Waals surface area (Å²) in [5.41, 5.74) is -0.322. The normalized spacial score (nSPS) is 19.7. The Morgan fingerprint density at radius 3 is 2.34 bits per heavy atom. The molecule has 0 unspecified atom stereocenters. The molecule has 0 saturated carbocycles. The standard InChI is InChI=1S/C21H33ClN6O6S/c1-13(17(33-6)18-23-9-14(22)10-24-18)35(29,30)27-20-26-25-19(16-7-8-21(2,3)34-16)28(20)15(11-31-4)12-32-5/h9-10,13,15-17H,7-8,11-12H2,1-6H3,(H,26,27)/t13-,16+,17-/m0/s1. The molecule has 196 valence electrons. The number of nitrogens with zero attached hydrogens (tertiary/aromatic N) is 5. The number of ether oxygens (including phenoxy) is 4. The van der Waals surface area contributed by atoms with E-state index in [2.05, 4.69) is 24.9 Å². The lowest BCUT2D eigenvalue weighted by molar-refractivity contribution is -0.0234. The zero-order chi connectivity index (χ0) is 25.8. The van der Waals surface area contributed by atoms with Gasteiger partial charge < -0.3 is 18.9 Å². The van der Waals surface area contributed by atoms with E-state index in [0.29, 0.717) is 10.8 Å². The van der Waals surface area contributed by atoms with Crippen LogP contribution >= 0.6 is 11.6 Å². The number of aromatic nitrogens is 5. The zero-order valence-electron chi connectivity index (χ0n) is 20.8. The molecule has 14 heteroatoms. The van der Waals surface area contributed by atoms with Crippen LogP contribution < -0.4 is 4.72 Å². The number of hydrogen-bond acceptors (Lipinski definition) is 10. The van der Waals surface area contributed by atoms with E-state index in [-0.39, 0.29) is 36.7 Å². The Morgan fingerprint density at radius 1 is 1.20 bits per heavy atom. The van der Waals surface area contributed by atoms with Gasteiger partial charge in [0.05, 0.1) is 29.9 Å². The van der Waals surface area contributed by atoms with Gasteiger partial charge in [0, 0.05) is 33.7 Å². The van der Waals surface area contributed by atoms with Crippen molar-refractivity contribution < 1.29 is 27.4 Å². The van der Waals surface area contributed by atoms with Crippen molar-refractivity contribution in [3.63, 3.8) is 0 Å². The number of hydrogen-bond donors (Lipinski definition) is 1. The molecule has 3 heterocycles. The van der Waals surface area contributed by atoms with Crippen LogP contribution in [0.4, 0.5) is 5.95 Å². The predicted octanol–water partition coefficient (Wildman–Crippen LogP) is 2.70. The fraction of sp³-hybridized carbons (Fsp3) is 0.714. The predicted molar refractivity (Wildman–Crippen MR) is 129 cm³/mol. The number of methoxy groups -OCH3 is 3. The highest BCUT2D eigenvalue weighted by molar-refractivity contribution is 7.93. The third-order valence-corrected chi connectivity index (χ3v) is 7.75. The topological polar surface area (TPSA) is 140 Å². The van der Waals surface area contributed by atoms with Gasteiger partial charge in [0.25, 0.3) is 0 Å². The van der Waals surface area contributed by atoms with Gasteiger partial charge in [0.15, 0.2) is 11.6 Å². The first-order valence-corrected chi connectivity index (χ1v) is 13.1. The molecule has 2 aromatic rings. The molecule has 12 nitrogen and oxygen atoms in total. The minimum absolute atomic E-state index is 0.0335. The first-order valence-electron chi connectivity index (χ1n) is 11.1. The van der Waals surface area contributed by atoms with E-state index in [1.807, 2.05) is 13.8 Å².